The Hall–Kier alpha value is -0.910. The lowest BCUT2D eigenvalue weighted by Gasteiger charge is -2.14. The first-order chi connectivity index (χ1) is 11.7. The van der Waals surface area contributed by atoms with Gasteiger partial charge < -0.3 is 4.74 Å². The van der Waals surface area contributed by atoms with Crippen LogP contribution in [0.4, 0.5) is 0 Å². The lowest BCUT2D eigenvalue weighted by molar-refractivity contribution is 0.414. The highest BCUT2D eigenvalue weighted by Gasteiger charge is 2.21. The summed E-state index contributed by atoms with van der Waals surface area (Å²) in [6.07, 6.45) is 7.90. The zero-order chi connectivity index (χ0) is 16.9. The van der Waals surface area contributed by atoms with Gasteiger partial charge in [-0.05, 0) is 36.8 Å². The summed E-state index contributed by atoms with van der Waals surface area (Å²) in [4.78, 5) is 9.19. The zero-order valence-electron chi connectivity index (χ0n) is 13.9. The van der Waals surface area contributed by atoms with E-state index in [1.165, 1.54) is 43.0 Å². The number of halogens is 1. The van der Waals surface area contributed by atoms with Crippen LogP contribution in [0.2, 0.25) is 5.15 Å². The Labute approximate surface area is 157 Å². The van der Waals surface area contributed by atoms with Crippen molar-refractivity contribution in [2.45, 2.75) is 47.5 Å². The molecule has 1 fully saturated rings. The first-order valence-electron chi connectivity index (χ1n) is 8.09. The van der Waals surface area contributed by atoms with Gasteiger partial charge in [0.15, 0.2) is 5.16 Å². The SMILES string of the molecule is COc1ccc(Cc2c(Cl)nc(SC)nc2SC2CCCC2)cc1. The molecule has 1 aromatic heterocycles. The molecule has 0 aliphatic heterocycles. The van der Waals surface area contributed by atoms with Crippen LogP contribution in [-0.2, 0) is 6.42 Å². The quantitative estimate of drug-likeness (QED) is 0.376. The number of methoxy groups -OCH3 is 1. The molecule has 0 bridgehead atoms. The van der Waals surface area contributed by atoms with Crippen molar-refractivity contribution in [3.05, 3.63) is 40.5 Å². The molecule has 3 nitrogen and oxygen atoms in total. The Bertz CT molecular complexity index is 688. The van der Waals surface area contributed by atoms with Gasteiger partial charge in [-0.15, -0.1) is 11.8 Å². The van der Waals surface area contributed by atoms with Crippen LogP contribution in [0, 0.1) is 0 Å². The second kappa shape index (κ2) is 8.45. The summed E-state index contributed by atoms with van der Waals surface area (Å²) in [7, 11) is 1.68. The number of aromatic nitrogens is 2. The number of benzene rings is 1. The van der Waals surface area contributed by atoms with E-state index < -0.39 is 0 Å². The Morgan fingerprint density at radius 3 is 2.50 bits per heavy atom. The maximum Gasteiger partial charge on any atom is 0.189 e. The summed E-state index contributed by atoms with van der Waals surface area (Å²) in [6, 6.07) is 8.09. The van der Waals surface area contributed by atoms with Crippen molar-refractivity contribution >= 4 is 35.1 Å². The van der Waals surface area contributed by atoms with Crippen LogP contribution in [0.1, 0.15) is 36.8 Å². The fourth-order valence-electron chi connectivity index (χ4n) is 2.87. The van der Waals surface area contributed by atoms with Gasteiger partial charge in [-0.1, -0.05) is 48.3 Å². The van der Waals surface area contributed by atoms with Gasteiger partial charge in [0, 0.05) is 17.2 Å². The summed E-state index contributed by atoms with van der Waals surface area (Å²) >= 11 is 9.92. The van der Waals surface area contributed by atoms with Gasteiger partial charge in [0.2, 0.25) is 0 Å². The molecule has 24 heavy (non-hydrogen) atoms. The molecule has 1 aromatic carbocycles. The molecule has 1 aliphatic rings. The predicted octanol–water partition coefficient (Wildman–Crippen LogP) is 5.49. The minimum atomic E-state index is 0.575. The van der Waals surface area contributed by atoms with Gasteiger partial charge in [-0.3, -0.25) is 0 Å². The lowest BCUT2D eigenvalue weighted by atomic mass is 10.1. The molecule has 1 heterocycles. The lowest BCUT2D eigenvalue weighted by Crippen LogP contribution is -2.03. The molecule has 0 radical (unpaired) electrons. The molecule has 0 amide bonds. The number of thioether (sulfide) groups is 2. The highest BCUT2D eigenvalue weighted by molar-refractivity contribution is 8.00. The first kappa shape index (κ1) is 17.9. The highest BCUT2D eigenvalue weighted by atomic mass is 35.5. The van der Waals surface area contributed by atoms with Crippen molar-refractivity contribution < 1.29 is 4.74 Å². The van der Waals surface area contributed by atoms with E-state index in [1.807, 2.05) is 30.2 Å². The van der Waals surface area contributed by atoms with Crippen LogP contribution in [0.25, 0.3) is 0 Å². The van der Waals surface area contributed by atoms with Crippen LogP contribution in [-0.4, -0.2) is 28.6 Å². The summed E-state index contributed by atoms with van der Waals surface area (Å²) in [6.45, 7) is 0. The first-order valence-corrected chi connectivity index (χ1v) is 10.6. The van der Waals surface area contributed by atoms with Crippen LogP contribution < -0.4 is 4.74 Å². The van der Waals surface area contributed by atoms with Gasteiger partial charge in [0.05, 0.1) is 7.11 Å². The van der Waals surface area contributed by atoms with Crippen molar-refractivity contribution in [2.24, 2.45) is 0 Å². The summed E-state index contributed by atoms with van der Waals surface area (Å²) in [5, 5.41) is 3.02. The van der Waals surface area contributed by atoms with Gasteiger partial charge >= 0.3 is 0 Å². The zero-order valence-corrected chi connectivity index (χ0v) is 16.3. The van der Waals surface area contributed by atoms with Crippen LogP contribution in [0.3, 0.4) is 0 Å². The third-order valence-corrected chi connectivity index (χ3v) is 6.43. The fraction of sp³-hybridized carbons (Fsp3) is 0.444. The monoisotopic (exact) mass is 380 g/mol. The minimum Gasteiger partial charge on any atom is -0.497 e. The Kier molecular flexibility index (Phi) is 6.31. The molecule has 0 atom stereocenters. The highest BCUT2D eigenvalue weighted by Crippen LogP contribution is 2.38. The maximum absolute atomic E-state index is 6.50. The number of hydrogen-bond donors (Lipinski definition) is 0. The normalized spacial score (nSPS) is 15.0. The number of hydrogen-bond acceptors (Lipinski definition) is 5. The van der Waals surface area contributed by atoms with Crippen molar-refractivity contribution in [3.8, 4) is 5.75 Å². The standard InChI is InChI=1S/C18H21ClN2OS2/c1-22-13-9-7-12(8-10-13)11-15-16(19)20-18(23-2)21-17(15)24-14-5-3-4-6-14/h7-10,14H,3-6,11H2,1-2H3. The van der Waals surface area contributed by atoms with Crippen LogP contribution >= 0.6 is 35.1 Å². The molecule has 0 spiro atoms. The number of nitrogens with zero attached hydrogens (tertiary/aromatic N) is 2. The second-order valence-electron chi connectivity index (χ2n) is 5.83. The van der Waals surface area contributed by atoms with Crippen LogP contribution in [0.5, 0.6) is 5.75 Å². The minimum absolute atomic E-state index is 0.575. The van der Waals surface area contributed by atoms with Gasteiger partial charge in [-0.2, -0.15) is 0 Å². The molecule has 1 saturated carbocycles. The van der Waals surface area contributed by atoms with Crippen molar-refractivity contribution in [2.75, 3.05) is 13.4 Å². The van der Waals surface area contributed by atoms with Crippen molar-refractivity contribution in [3.63, 3.8) is 0 Å². The molecule has 0 N–H and O–H groups in total. The second-order valence-corrected chi connectivity index (χ2v) is 8.25. The molecule has 0 unspecified atom stereocenters. The van der Waals surface area contributed by atoms with E-state index in [0.717, 1.165) is 27.9 Å². The molecule has 0 saturated heterocycles. The number of rotatable bonds is 6. The van der Waals surface area contributed by atoms with E-state index >= 15 is 0 Å². The van der Waals surface area contributed by atoms with Crippen LogP contribution in [0.15, 0.2) is 34.4 Å². The predicted molar refractivity (Wildman–Crippen MR) is 103 cm³/mol. The van der Waals surface area contributed by atoms with E-state index in [4.69, 9.17) is 21.3 Å². The molecule has 128 valence electrons. The van der Waals surface area contributed by atoms with Crippen molar-refractivity contribution in [1.82, 2.24) is 9.97 Å². The summed E-state index contributed by atoms with van der Waals surface area (Å²) in [5.41, 5.74) is 2.23. The van der Waals surface area contributed by atoms with E-state index in [0.29, 0.717) is 10.4 Å². The van der Waals surface area contributed by atoms with Gasteiger partial charge in [0.1, 0.15) is 15.9 Å². The molecule has 3 rings (SSSR count). The van der Waals surface area contributed by atoms with E-state index in [-0.39, 0.29) is 0 Å². The Balaban J connectivity index is 1.88. The smallest absolute Gasteiger partial charge is 0.189 e. The van der Waals surface area contributed by atoms with Gasteiger partial charge in [0.25, 0.3) is 0 Å². The molecule has 1 aliphatic carbocycles. The summed E-state index contributed by atoms with van der Waals surface area (Å²) in [5.74, 6) is 0.861. The Morgan fingerprint density at radius 1 is 1.17 bits per heavy atom. The largest absolute Gasteiger partial charge is 0.497 e. The molecular weight excluding hydrogens is 360 g/mol. The van der Waals surface area contributed by atoms with E-state index in [1.54, 1.807) is 7.11 Å². The Morgan fingerprint density at radius 2 is 1.88 bits per heavy atom. The van der Waals surface area contributed by atoms with E-state index in [9.17, 15) is 0 Å². The molecule has 6 heteroatoms. The van der Waals surface area contributed by atoms with E-state index in [2.05, 4.69) is 17.1 Å². The average Bonchev–Trinajstić information content (AvgIpc) is 3.11. The van der Waals surface area contributed by atoms with Crippen molar-refractivity contribution in [1.29, 1.82) is 0 Å². The van der Waals surface area contributed by atoms with Gasteiger partial charge in [-0.25, -0.2) is 9.97 Å². The number of ether oxygens (including phenoxy) is 1. The average molecular weight is 381 g/mol. The maximum atomic E-state index is 6.50. The fourth-order valence-corrected chi connectivity index (χ4v) is 4.97. The summed E-state index contributed by atoms with van der Waals surface area (Å²) < 4.78 is 5.23. The molecular formula is C18H21ClN2OS2. The third-order valence-electron chi connectivity index (χ3n) is 4.20. The molecule has 2 aromatic rings. The third kappa shape index (κ3) is 4.38. The topological polar surface area (TPSA) is 35.0 Å².